The molecule has 0 unspecified atom stereocenters. The van der Waals surface area contributed by atoms with E-state index in [-0.39, 0.29) is 0 Å². The molecule has 10 heavy (non-hydrogen) atoms. The molecular formula is C7H13FO2. The van der Waals surface area contributed by atoms with Gasteiger partial charge in [-0.25, -0.2) is 4.79 Å². The van der Waals surface area contributed by atoms with Crippen molar-refractivity contribution in [2.75, 3.05) is 0 Å². The minimum absolute atomic E-state index is 1.50. The van der Waals surface area contributed by atoms with Gasteiger partial charge in [-0.3, -0.25) is 0 Å². The zero-order valence-corrected chi connectivity index (χ0v) is 5.98. The minimum atomic E-state index is -2.33. The molecule has 0 aromatic carbocycles. The second kappa shape index (κ2) is 6.52. The van der Waals surface area contributed by atoms with Gasteiger partial charge in [0.15, 0.2) is 0 Å². The lowest BCUT2D eigenvalue weighted by Gasteiger charge is -2.05. The van der Waals surface area contributed by atoms with Crippen LogP contribution >= 0.6 is 0 Å². The third-order valence-electron chi connectivity index (χ3n) is 1.50. The fourth-order valence-electron chi connectivity index (χ4n) is 1.06. The summed E-state index contributed by atoms with van der Waals surface area (Å²) in [6, 6.07) is 0. The molecule has 1 aliphatic carbocycles. The van der Waals surface area contributed by atoms with Gasteiger partial charge >= 0.3 is 6.22 Å². The van der Waals surface area contributed by atoms with E-state index >= 15 is 0 Å². The molecule has 1 fully saturated rings. The van der Waals surface area contributed by atoms with Crippen LogP contribution in [-0.4, -0.2) is 11.3 Å². The van der Waals surface area contributed by atoms with E-state index in [1.54, 1.807) is 0 Å². The van der Waals surface area contributed by atoms with Gasteiger partial charge in [-0.1, -0.05) is 38.5 Å². The summed E-state index contributed by atoms with van der Waals surface area (Å²) in [5.41, 5.74) is 0. The highest BCUT2D eigenvalue weighted by molar-refractivity contribution is 5.54. The van der Waals surface area contributed by atoms with Crippen LogP contribution in [0.3, 0.4) is 0 Å². The van der Waals surface area contributed by atoms with Crippen molar-refractivity contribution in [2.45, 2.75) is 38.5 Å². The van der Waals surface area contributed by atoms with Crippen LogP contribution in [0.2, 0.25) is 0 Å². The van der Waals surface area contributed by atoms with Gasteiger partial charge in [0, 0.05) is 0 Å². The van der Waals surface area contributed by atoms with Crippen molar-refractivity contribution in [3.05, 3.63) is 0 Å². The van der Waals surface area contributed by atoms with Crippen LogP contribution in [0, 0.1) is 0 Å². The van der Waals surface area contributed by atoms with E-state index in [2.05, 4.69) is 0 Å². The second-order valence-electron chi connectivity index (χ2n) is 2.37. The maximum atomic E-state index is 9.92. The van der Waals surface area contributed by atoms with Crippen LogP contribution in [-0.2, 0) is 0 Å². The molecular weight excluding hydrogens is 135 g/mol. The summed E-state index contributed by atoms with van der Waals surface area (Å²) in [6.07, 6.45) is 6.67. The van der Waals surface area contributed by atoms with E-state index in [4.69, 9.17) is 9.90 Å². The van der Waals surface area contributed by atoms with Gasteiger partial charge in [-0.2, -0.15) is 0 Å². The van der Waals surface area contributed by atoms with Crippen molar-refractivity contribution in [1.82, 2.24) is 0 Å². The lowest BCUT2D eigenvalue weighted by atomic mass is 10.0. The largest absolute Gasteiger partial charge is 0.492 e. The van der Waals surface area contributed by atoms with Crippen molar-refractivity contribution < 1.29 is 14.3 Å². The Hall–Kier alpha value is -0.600. The van der Waals surface area contributed by atoms with Crippen molar-refractivity contribution in [3.8, 4) is 0 Å². The molecule has 3 heteroatoms. The molecule has 0 heterocycles. The molecule has 0 spiro atoms. The predicted octanol–water partition coefficient (Wildman–Crippen LogP) is 2.97. The second-order valence-corrected chi connectivity index (χ2v) is 2.37. The van der Waals surface area contributed by atoms with Gasteiger partial charge in [0.2, 0.25) is 0 Å². The number of halogens is 1. The van der Waals surface area contributed by atoms with Crippen LogP contribution in [0.25, 0.3) is 0 Å². The van der Waals surface area contributed by atoms with Crippen molar-refractivity contribution >= 4 is 6.22 Å². The highest BCUT2D eigenvalue weighted by Gasteiger charge is 1.95. The van der Waals surface area contributed by atoms with Crippen molar-refractivity contribution in [3.63, 3.8) is 0 Å². The molecule has 0 bridgehead atoms. The topological polar surface area (TPSA) is 37.3 Å². The Kier molecular flexibility index (Phi) is 6.13. The third-order valence-corrected chi connectivity index (χ3v) is 1.50. The summed E-state index contributed by atoms with van der Waals surface area (Å²) in [4.78, 5) is 8.33. The fourth-order valence-corrected chi connectivity index (χ4v) is 1.06. The zero-order valence-electron chi connectivity index (χ0n) is 5.98. The standard InChI is InChI=1S/C6H12.CHFO2/c1-2-4-6-5-3-1;2-1(3)4/h1-6H2;(H,3,4). The summed E-state index contributed by atoms with van der Waals surface area (Å²) < 4.78 is 9.92. The number of hydrogen-bond acceptors (Lipinski definition) is 1. The van der Waals surface area contributed by atoms with E-state index in [0.29, 0.717) is 0 Å². The number of hydrogen-bond donors (Lipinski definition) is 1. The van der Waals surface area contributed by atoms with Gasteiger partial charge in [-0.05, 0) is 0 Å². The summed E-state index contributed by atoms with van der Waals surface area (Å²) in [5.74, 6) is 0. The highest BCUT2D eigenvalue weighted by atomic mass is 19.1. The lowest BCUT2D eigenvalue weighted by molar-refractivity contribution is 0.169. The average Bonchev–Trinajstić information content (AvgIpc) is 1.90. The van der Waals surface area contributed by atoms with E-state index in [1.807, 2.05) is 0 Å². The third kappa shape index (κ3) is 10.4. The van der Waals surface area contributed by atoms with Gasteiger partial charge in [0.1, 0.15) is 0 Å². The Bertz CT molecular complexity index is 74.1. The molecule has 0 aliphatic heterocycles. The fraction of sp³-hybridized carbons (Fsp3) is 0.857. The van der Waals surface area contributed by atoms with Crippen LogP contribution in [0.4, 0.5) is 9.18 Å². The number of carbonyl (C=O) groups is 1. The first-order valence-corrected chi connectivity index (χ1v) is 3.62. The summed E-state index contributed by atoms with van der Waals surface area (Å²) >= 11 is 0. The molecule has 0 amide bonds. The van der Waals surface area contributed by atoms with Crippen molar-refractivity contribution in [2.24, 2.45) is 0 Å². The molecule has 0 atom stereocenters. The van der Waals surface area contributed by atoms with Crippen LogP contribution in [0.1, 0.15) is 38.5 Å². The monoisotopic (exact) mass is 148 g/mol. The smallest absolute Gasteiger partial charge is 0.456 e. The van der Waals surface area contributed by atoms with Gasteiger partial charge in [-0.15, -0.1) is 4.39 Å². The Morgan fingerprint density at radius 2 is 1.10 bits per heavy atom. The minimum Gasteiger partial charge on any atom is -0.456 e. The summed E-state index contributed by atoms with van der Waals surface area (Å²) in [6.45, 7) is 0. The first-order chi connectivity index (χ1) is 4.73. The molecule has 0 saturated heterocycles. The molecule has 1 saturated carbocycles. The SMILES string of the molecule is C1CCCCC1.O=C(O)F. The number of carboxylic acid groups (broad SMARTS) is 1. The summed E-state index contributed by atoms with van der Waals surface area (Å²) in [5, 5.41) is 6.75. The molecule has 0 radical (unpaired) electrons. The van der Waals surface area contributed by atoms with Crippen LogP contribution < -0.4 is 0 Å². The van der Waals surface area contributed by atoms with Crippen molar-refractivity contribution in [1.29, 1.82) is 0 Å². The molecule has 60 valence electrons. The average molecular weight is 148 g/mol. The highest BCUT2D eigenvalue weighted by Crippen LogP contribution is 2.15. The van der Waals surface area contributed by atoms with Gasteiger partial charge < -0.3 is 5.11 Å². The van der Waals surface area contributed by atoms with E-state index in [1.165, 1.54) is 38.5 Å². The van der Waals surface area contributed by atoms with Gasteiger partial charge in [0.25, 0.3) is 0 Å². The Labute approximate surface area is 60.1 Å². The molecule has 1 aliphatic rings. The molecule has 0 aromatic heterocycles. The maximum Gasteiger partial charge on any atom is 0.492 e. The Balaban J connectivity index is 0.000000180. The molecule has 2 nitrogen and oxygen atoms in total. The zero-order chi connectivity index (χ0) is 7.82. The molecule has 1 rings (SSSR count). The lowest BCUT2D eigenvalue weighted by Crippen LogP contribution is -1.85. The summed E-state index contributed by atoms with van der Waals surface area (Å²) in [7, 11) is 0. The van der Waals surface area contributed by atoms with Crippen LogP contribution in [0.5, 0.6) is 0 Å². The van der Waals surface area contributed by atoms with Gasteiger partial charge in [0.05, 0.1) is 0 Å². The number of rotatable bonds is 0. The molecule has 1 N–H and O–H groups in total. The first-order valence-electron chi connectivity index (χ1n) is 3.62. The quantitative estimate of drug-likeness (QED) is 0.536. The Morgan fingerprint density at radius 3 is 1.20 bits per heavy atom. The molecule has 0 aromatic rings. The normalized spacial score (nSPS) is 16.9. The van der Waals surface area contributed by atoms with E-state index in [9.17, 15) is 4.39 Å². The maximum absolute atomic E-state index is 9.92. The van der Waals surface area contributed by atoms with Crippen LogP contribution in [0.15, 0.2) is 0 Å². The van der Waals surface area contributed by atoms with E-state index < -0.39 is 6.22 Å². The predicted molar refractivity (Wildman–Crippen MR) is 36.8 cm³/mol. The Morgan fingerprint density at radius 1 is 1.00 bits per heavy atom. The first kappa shape index (κ1) is 9.40. The van der Waals surface area contributed by atoms with E-state index in [0.717, 1.165) is 0 Å².